The molecule has 9 heteroatoms. The quantitative estimate of drug-likeness (QED) is 0.578. The molecule has 30 heavy (non-hydrogen) atoms. The highest BCUT2D eigenvalue weighted by molar-refractivity contribution is 5.95. The van der Waals surface area contributed by atoms with E-state index in [9.17, 15) is 23.6 Å². The second-order valence-electron chi connectivity index (χ2n) is 7.58. The number of hydrogen-bond donors (Lipinski definition) is 4. The molecule has 0 saturated heterocycles. The summed E-state index contributed by atoms with van der Waals surface area (Å²) in [4.78, 5) is 52.3. The zero-order valence-corrected chi connectivity index (χ0v) is 16.8. The molecule has 0 bridgehead atoms. The first-order valence-corrected chi connectivity index (χ1v) is 10.1. The van der Waals surface area contributed by atoms with Gasteiger partial charge < -0.3 is 15.6 Å². The van der Waals surface area contributed by atoms with Crippen molar-refractivity contribution in [3.8, 4) is 0 Å². The average molecular weight is 416 g/mol. The molecule has 4 N–H and O–H groups in total. The third-order valence-electron chi connectivity index (χ3n) is 5.34. The number of benzene rings is 1. The van der Waals surface area contributed by atoms with Gasteiger partial charge in [0.2, 0.25) is 11.8 Å². The molecule has 1 fully saturated rings. The maximum Gasteiger partial charge on any atom is 0.325 e. The van der Waals surface area contributed by atoms with Crippen LogP contribution >= 0.6 is 0 Å². The summed E-state index contributed by atoms with van der Waals surface area (Å²) in [7, 11) is 0. The Balaban J connectivity index is 1.62. The van der Waals surface area contributed by atoms with Crippen molar-refractivity contribution >= 4 is 23.2 Å². The fraction of sp³-hybridized carbons (Fsp3) is 0.429. The lowest BCUT2D eigenvalue weighted by molar-refractivity contribution is -0.120. The lowest BCUT2D eigenvalue weighted by atomic mass is 9.88. The molecule has 0 radical (unpaired) electrons. The fourth-order valence-electron chi connectivity index (χ4n) is 3.69. The first-order chi connectivity index (χ1) is 14.3. The summed E-state index contributed by atoms with van der Waals surface area (Å²) in [5, 5.41) is 5.27. The number of rotatable bonds is 6. The summed E-state index contributed by atoms with van der Waals surface area (Å²) < 4.78 is 14.1. The van der Waals surface area contributed by atoms with Crippen molar-refractivity contribution < 1.29 is 14.0 Å². The van der Waals surface area contributed by atoms with Crippen LogP contribution in [0.5, 0.6) is 0 Å². The number of aromatic nitrogens is 2. The van der Waals surface area contributed by atoms with E-state index >= 15 is 0 Å². The van der Waals surface area contributed by atoms with Crippen LogP contribution in [0.15, 0.2) is 27.8 Å². The Hall–Kier alpha value is -3.23. The average Bonchev–Trinajstić information content (AvgIpc) is 2.70. The smallest absolute Gasteiger partial charge is 0.325 e. The zero-order chi connectivity index (χ0) is 21.7. The molecule has 3 rings (SSSR count). The zero-order valence-electron chi connectivity index (χ0n) is 16.8. The van der Waals surface area contributed by atoms with Crippen LogP contribution in [0.4, 0.5) is 15.8 Å². The van der Waals surface area contributed by atoms with Crippen LogP contribution < -0.4 is 21.9 Å². The number of aromatic amines is 2. The van der Waals surface area contributed by atoms with E-state index in [1.807, 2.05) is 0 Å². The molecule has 0 aliphatic heterocycles. The SMILES string of the molecule is Cc1[nH]c(=O)[nH]c(=O)c1CCC(=O)Nc1ccc(F)c(NC(=O)C2CCCCC2)c1. The summed E-state index contributed by atoms with van der Waals surface area (Å²) in [6.45, 7) is 1.59. The molecule has 2 amide bonds. The normalized spacial score (nSPS) is 14.3. The molecule has 1 aromatic heterocycles. The van der Waals surface area contributed by atoms with Gasteiger partial charge in [0.05, 0.1) is 5.69 Å². The minimum atomic E-state index is -0.597. The Morgan fingerprint density at radius 2 is 1.83 bits per heavy atom. The highest BCUT2D eigenvalue weighted by Gasteiger charge is 2.22. The molecule has 0 unspecified atom stereocenters. The Morgan fingerprint density at radius 3 is 2.53 bits per heavy atom. The van der Waals surface area contributed by atoms with Crippen molar-refractivity contribution in [2.45, 2.75) is 51.9 Å². The van der Waals surface area contributed by atoms with Crippen LogP contribution in [0, 0.1) is 18.7 Å². The molecule has 1 aliphatic carbocycles. The molecule has 160 valence electrons. The maximum atomic E-state index is 14.1. The number of hydrogen-bond acceptors (Lipinski definition) is 4. The molecule has 0 atom stereocenters. The Morgan fingerprint density at radius 1 is 1.10 bits per heavy atom. The van der Waals surface area contributed by atoms with Crippen molar-refractivity contribution in [2.75, 3.05) is 10.6 Å². The molecular weight excluding hydrogens is 391 g/mol. The monoisotopic (exact) mass is 416 g/mol. The largest absolute Gasteiger partial charge is 0.326 e. The van der Waals surface area contributed by atoms with E-state index in [1.165, 1.54) is 18.2 Å². The number of carbonyl (C=O) groups excluding carboxylic acids is 2. The van der Waals surface area contributed by atoms with Crippen molar-refractivity contribution in [2.24, 2.45) is 5.92 Å². The van der Waals surface area contributed by atoms with Gasteiger partial charge in [0.15, 0.2) is 0 Å². The highest BCUT2D eigenvalue weighted by atomic mass is 19.1. The van der Waals surface area contributed by atoms with Crippen LogP contribution in [0.2, 0.25) is 0 Å². The van der Waals surface area contributed by atoms with E-state index in [2.05, 4.69) is 20.6 Å². The van der Waals surface area contributed by atoms with Gasteiger partial charge >= 0.3 is 5.69 Å². The van der Waals surface area contributed by atoms with Crippen LogP contribution in [0.1, 0.15) is 49.8 Å². The Kier molecular flexibility index (Phi) is 6.81. The van der Waals surface area contributed by atoms with Gasteiger partial charge in [0, 0.05) is 29.3 Å². The lowest BCUT2D eigenvalue weighted by Crippen LogP contribution is -2.27. The third kappa shape index (κ3) is 5.43. The summed E-state index contributed by atoms with van der Waals surface area (Å²) in [5.41, 5.74) is -0.0302. The highest BCUT2D eigenvalue weighted by Crippen LogP contribution is 2.26. The predicted octanol–water partition coefficient (Wildman–Crippen LogP) is 2.60. The summed E-state index contributed by atoms with van der Waals surface area (Å²) in [5.74, 6) is -1.27. The van der Waals surface area contributed by atoms with Crippen LogP contribution in [-0.4, -0.2) is 21.8 Å². The fourth-order valence-corrected chi connectivity index (χ4v) is 3.69. The van der Waals surface area contributed by atoms with Gasteiger partial charge in [0.1, 0.15) is 5.82 Å². The summed E-state index contributed by atoms with van der Waals surface area (Å²) in [6, 6.07) is 3.97. The molecule has 2 aromatic rings. The Bertz CT molecular complexity index is 1050. The number of anilines is 2. The molecule has 1 aliphatic rings. The number of H-pyrrole nitrogens is 2. The van der Waals surface area contributed by atoms with Gasteiger partial charge in [-0.25, -0.2) is 9.18 Å². The first kappa shape index (κ1) is 21.5. The van der Waals surface area contributed by atoms with E-state index in [0.29, 0.717) is 16.9 Å². The van der Waals surface area contributed by atoms with E-state index < -0.39 is 17.1 Å². The van der Waals surface area contributed by atoms with E-state index in [4.69, 9.17) is 0 Å². The van der Waals surface area contributed by atoms with Crippen molar-refractivity contribution in [1.82, 2.24) is 9.97 Å². The number of carbonyl (C=O) groups is 2. The van der Waals surface area contributed by atoms with Crippen LogP contribution in [0.3, 0.4) is 0 Å². The van der Waals surface area contributed by atoms with Crippen LogP contribution in [0.25, 0.3) is 0 Å². The van der Waals surface area contributed by atoms with Crippen molar-refractivity contribution in [3.63, 3.8) is 0 Å². The topological polar surface area (TPSA) is 124 Å². The Labute approximate surface area is 172 Å². The first-order valence-electron chi connectivity index (χ1n) is 10.1. The molecule has 1 heterocycles. The minimum Gasteiger partial charge on any atom is -0.326 e. The van der Waals surface area contributed by atoms with E-state index in [1.54, 1.807) is 6.92 Å². The second kappa shape index (κ2) is 9.51. The molecule has 0 spiro atoms. The minimum absolute atomic E-state index is 0.00287. The summed E-state index contributed by atoms with van der Waals surface area (Å²) in [6.07, 6.45) is 4.83. The maximum absolute atomic E-state index is 14.1. The number of halogens is 1. The van der Waals surface area contributed by atoms with Crippen molar-refractivity contribution in [3.05, 3.63) is 56.1 Å². The summed E-state index contributed by atoms with van der Waals surface area (Å²) >= 11 is 0. The van der Waals surface area contributed by atoms with Crippen LogP contribution in [-0.2, 0) is 16.0 Å². The van der Waals surface area contributed by atoms with Gasteiger partial charge in [-0.3, -0.25) is 19.4 Å². The number of nitrogens with one attached hydrogen (secondary N) is 4. The lowest BCUT2D eigenvalue weighted by Gasteiger charge is -2.21. The molecule has 8 nitrogen and oxygen atoms in total. The molecular formula is C21H25FN4O4. The number of aryl methyl sites for hydroxylation is 1. The molecule has 1 saturated carbocycles. The standard InChI is InChI=1S/C21H25FN4O4/c1-12-15(20(29)26-21(30)23-12)8-10-18(27)24-14-7-9-16(22)17(11-14)25-19(28)13-5-3-2-4-6-13/h7,9,11,13H,2-6,8,10H2,1H3,(H,24,27)(H,25,28)(H2,23,26,29,30). The van der Waals surface area contributed by atoms with E-state index in [-0.39, 0.29) is 36.3 Å². The number of amides is 2. The third-order valence-corrected chi connectivity index (χ3v) is 5.34. The van der Waals surface area contributed by atoms with E-state index in [0.717, 1.165) is 32.1 Å². The predicted molar refractivity (Wildman–Crippen MR) is 111 cm³/mol. The van der Waals surface area contributed by atoms with Gasteiger partial charge in [-0.05, 0) is 44.4 Å². The van der Waals surface area contributed by atoms with Gasteiger partial charge in [-0.15, -0.1) is 0 Å². The van der Waals surface area contributed by atoms with Gasteiger partial charge in [-0.1, -0.05) is 19.3 Å². The molecule has 1 aromatic carbocycles. The van der Waals surface area contributed by atoms with Gasteiger partial charge in [-0.2, -0.15) is 0 Å². The van der Waals surface area contributed by atoms with Crippen molar-refractivity contribution in [1.29, 1.82) is 0 Å². The second-order valence-corrected chi connectivity index (χ2v) is 7.58. The van der Waals surface area contributed by atoms with Gasteiger partial charge in [0.25, 0.3) is 5.56 Å².